The summed E-state index contributed by atoms with van der Waals surface area (Å²) >= 11 is 0. The number of amides is 1. The lowest BCUT2D eigenvalue weighted by Crippen LogP contribution is -2.40. The summed E-state index contributed by atoms with van der Waals surface area (Å²) in [5.41, 5.74) is 6.01. The average Bonchev–Trinajstić information content (AvgIpc) is 2.46. The smallest absolute Gasteiger partial charge is 0.303 e. The Morgan fingerprint density at radius 1 is 1.29 bits per heavy atom. The number of aliphatic carboxylic acids is 1. The van der Waals surface area contributed by atoms with E-state index in [1.807, 2.05) is 0 Å². The number of carbonyl (C=O) groups is 2. The van der Waals surface area contributed by atoms with Gasteiger partial charge in [0.05, 0.1) is 18.3 Å². The molecule has 1 aliphatic rings. The Hall–Kier alpha value is -2.11. The van der Waals surface area contributed by atoms with Gasteiger partial charge in [0.2, 0.25) is 0 Å². The normalized spacial score (nSPS) is 17.1. The summed E-state index contributed by atoms with van der Waals surface area (Å²) in [5, 5.41) is 11.9. The number of carboxylic acids is 1. The van der Waals surface area contributed by atoms with E-state index in [2.05, 4.69) is 10.3 Å². The Balaban J connectivity index is 1.99. The summed E-state index contributed by atoms with van der Waals surface area (Å²) < 4.78 is 0. The van der Waals surface area contributed by atoms with Gasteiger partial charge < -0.3 is 16.2 Å². The molecular weight excluding hydrogens is 270 g/mol. The van der Waals surface area contributed by atoms with Crippen LogP contribution in [0.5, 0.6) is 0 Å². The van der Waals surface area contributed by atoms with Crippen LogP contribution in [0.15, 0.2) is 18.3 Å². The number of nitrogens with two attached hydrogens (primary N) is 1. The van der Waals surface area contributed by atoms with Crippen molar-refractivity contribution in [3.05, 3.63) is 24.0 Å². The molecule has 21 heavy (non-hydrogen) atoms. The molecule has 1 fully saturated rings. The number of rotatable bonds is 5. The van der Waals surface area contributed by atoms with E-state index in [0.717, 1.165) is 32.1 Å². The number of carbonyl (C=O) groups excluding carboxylic acids is 1. The standard InChI is InChI=1S/C15H21N3O3/c16-11-4-5-12(17-9-11)14(21)18-10-15(8-13(19)20)6-2-1-3-7-15/h4-5,9H,1-3,6-8,10,16H2,(H,18,21)(H,19,20). The molecule has 1 heterocycles. The lowest BCUT2D eigenvalue weighted by molar-refractivity contribution is -0.140. The van der Waals surface area contributed by atoms with Gasteiger partial charge in [-0.15, -0.1) is 0 Å². The van der Waals surface area contributed by atoms with Gasteiger partial charge in [0.15, 0.2) is 0 Å². The Labute approximate surface area is 123 Å². The number of aromatic nitrogens is 1. The average molecular weight is 291 g/mol. The zero-order valence-electron chi connectivity index (χ0n) is 12.0. The first-order valence-electron chi connectivity index (χ1n) is 7.22. The predicted octanol–water partition coefficient (Wildman–Crippen LogP) is 1.82. The summed E-state index contributed by atoms with van der Waals surface area (Å²) in [6, 6.07) is 3.19. The number of anilines is 1. The lowest BCUT2D eigenvalue weighted by atomic mass is 9.71. The number of pyridine rings is 1. The number of carboxylic acid groups (broad SMARTS) is 1. The van der Waals surface area contributed by atoms with Gasteiger partial charge in [-0.3, -0.25) is 9.59 Å². The van der Waals surface area contributed by atoms with Gasteiger partial charge in [-0.05, 0) is 30.4 Å². The van der Waals surface area contributed by atoms with Crippen LogP contribution in [-0.4, -0.2) is 28.5 Å². The fraction of sp³-hybridized carbons (Fsp3) is 0.533. The number of hydrogen-bond donors (Lipinski definition) is 3. The van der Waals surface area contributed by atoms with Gasteiger partial charge in [0, 0.05) is 6.54 Å². The van der Waals surface area contributed by atoms with Crippen LogP contribution >= 0.6 is 0 Å². The quantitative estimate of drug-likeness (QED) is 0.767. The minimum Gasteiger partial charge on any atom is -0.481 e. The summed E-state index contributed by atoms with van der Waals surface area (Å²) in [6.45, 7) is 0.379. The molecule has 0 aromatic carbocycles. The SMILES string of the molecule is Nc1ccc(C(=O)NCC2(CC(=O)O)CCCCC2)nc1. The molecule has 1 saturated carbocycles. The summed E-state index contributed by atoms with van der Waals surface area (Å²) in [5.74, 6) is -1.10. The Kier molecular flexibility index (Phi) is 4.77. The number of nitrogens with one attached hydrogen (secondary N) is 1. The maximum absolute atomic E-state index is 12.1. The first-order valence-corrected chi connectivity index (χ1v) is 7.22. The van der Waals surface area contributed by atoms with Crippen molar-refractivity contribution in [2.24, 2.45) is 5.41 Å². The second-order valence-corrected chi connectivity index (χ2v) is 5.79. The molecule has 6 heteroatoms. The van der Waals surface area contributed by atoms with Crippen LogP contribution in [0.4, 0.5) is 5.69 Å². The zero-order chi connectivity index (χ0) is 15.3. The molecule has 0 radical (unpaired) electrons. The first kappa shape index (κ1) is 15.3. The van der Waals surface area contributed by atoms with Crippen LogP contribution in [-0.2, 0) is 4.79 Å². The van der Waals surface area contributed by atoms with Crippen LogP contribution < -0.4 is 11.1 Å². The topological polar surface area (TPSA) is 105 Å². The predicted molar refractivity (Wildman–Crippen MR) is 78.8 cm³/mol. The summed E-state index contributed by atoms with van der Waals surface area (Å²) in [7, 11) is 0. The van der Waals surface area contributed by atoms with E-state index in [9.17, 15) is 9.59 Å². The second kappa shape index (κ2) is 6.56. The van der Waals surface area contributed by atoms with Crippen molar-refractivity contribution in [2.75, 3.05) is 12.3 Å². The summed E-state index contributed by atoms with van der Waals surface area (Å²) in [6.07, 6.45) is 6.38. The van der Waals surface area contributed by atoms with Gasteiger partial charge in [-0.2, -0.15) is 0 Å². The van der Waals surface area contributed by atoms with Crippen LogP contribution in [0, 0.1) is 5.41 Å². The maximum atomic E-state index is 12.1. The summed E-state index contributed by atoms with van der Waals surface area (Å²) in [4.78, 5) is 27.1. The van der Waals surface area contributed by atoms with Gasteiger partial charge in [0.25, 0.3) is 5.91 Å². The van der Waals surface area contributed by atoms with Crippen LogP contribution in [0.2, 0.25) is 0 Å². The van der Waals surface area contributed by atoms with Crippen LogP contribution in [0.1, 0.15) is 49.0 Å². The van der Waals surface area contributed by atoms with Gasteiger partial charge in [-0.1, -0.05) is 19.3 Å². The Morgan fingerprint density at radius 2 is 2.00 bits per heavy atom. The Morgan fingerprint density at radius 3 is 2.57 bits per heavy atom. The number of nitrogens with zero attached hydrogens (tertiary/aromatic N) is 1. The molecule has 1 aromatic rings. The van der Waals surface area contributed by atoms with Crippen molar-refractivity contribution in [3.8, 4) is 0 Å². The minimum absolute atomic E-state index is 0.0996. The molecule has 0 saturated heterocycles. The van der Waals surface area contributed by atoms with Crippen molar-refractivity contribution in [1.29, 1.82) is 0 Å². The molecule has 0 spiro atoms. The van der Waals surface area contributed by atoms with E-state index < -0.39 is 5.97 Å². The van der Waals surface area contributed by atoms with Crippen LogP contribution in [0.3, 0.4) is 0 Å². The molecular formula is C15H21N3O3. The molecule has 1 aromatic heterocycles. The van der Waals surface area contributed by atoms with Gasteiger partial charge >= 0.3 is 5.97 Å². The Bertz CT molecular complexity index is 507. The van der Waals surface area contributed by atoms with Gasteiger partial charge in [-0.25, -0.2) is 4.98 Å². The molecule has 0 aliphatic heterocycles. The van der Waals surface area contributed by atoms with Crippen molar-refractivity contribution in [2.45, 2.75) is 38.5 Å². The van der Waals surface area contributed by atoms with E-state index in [0.29, 0.717) is 17.9 Å². The number of nitrogen functional groups attached to an aromatic ring is 1. The van der Waals surface area contributed by atoms with E-state index in [1.54, 1.807) is 12.1 Å². The molecule has 0 atom stereocenters. The third kappa shape index (κ3) is 4.18. The second-order valence-electron chi connectivity index (χ2n) is 5.79. The molecule has 114 valence electrons. The third-order valence-corrected chi connectivity index (χ3v) is 4.08. The van der Waals surface area contributed by atoms with Crippen molar-refractivity contribution < 1.29 is 14.7 Å². The highest BCUT2D eigenvalue weighted by Gasteiger charge is 2.34. The number of hydrogen-bond acceptors (Lipinski definition) is 4. The highest BCUT2D eigenvalue weighted by atomic mass is 16.4. The van der Waals surface area contributed by atoms with E-state index in [-0.39, 0.29) is 17.7 Å². The monoisotopic (exact) mass is 291 g/mol. The molecule has 6 nitrogen and oxygen atoms in total. The highest BCUT2D eigenvalue weighted by Crippen LogP contribution is 2.38. The minimum atomic E-state index is -0.809. The highest BCUT2D eigenvalue weighted by molar-refractivity contribution is 5.92. The third-order valence-electron chi connectivity index (χ3n) is 4.08. The fourth-order valence-corrected chi connectivity index (χ4v) is 2.94. The zero-order valence-corrected chi connectivity index (χ0v) is 12.0. The van der Waals surface area contributed by atoms with E-state index in [4.69, 9.17) is 10.8 Å². The molecule has 2 rings (SSSR count). The molecule has 1 amide bonds. The fourth-order valence-electron chi connectivity index (χ4n) is 2.94. The first-order chi connectivity index (χ1) is 10.0. The molecule has 0 bridgehead atoms. The molecule has 0 unspecified atom stereocenters. The maximum Gasteiger partial charge on any atom is 0.303 e. The van der Waals surface area contributed by atoms with Crippen molar-refractivity contribution in [1.82, 2.24) is 10.3 Å². The largest absolute Gasteiger partial charge is 0.481 e. The van der Waals surface area contributed by atoms with Crippen molar-refractivity contribution >= 4 is 17.6 Å². The van der Waals surface area contributed by atoms with Crippen LogP contribution in [0.25, 0.3) is 0 Å². The van der Waals surface area contributed by atoms with E-state index in [1.165, 1.54) is 6.20 Å². The molecule has 1 aliphatic carbocycles. The lowest BCUT2D eigenvalue weighted by Gasteiger charge is -2.36. The van der Waals surface area contributed by atoms with Gasteiger partial charge in [0.1, 0.15) is 5.69 Å². The van der Waals surface area contributed by atoms with E-state index >= 15 is 0 Å². The van der Waals surface area contributed by atoms with Crippen molar-refractivity contribution in [3.63, 3.8) is 0 Å². The molecule has 4 N–H and O–H groups in total.